The topological polar surface area (TPSA) is 46.8 Å². The first-order valence-electron chi connectivity index (χ1n) is 4.35. The molecule has 2 rings (SSSR count). The lowest BCUT2D eigenvalue weighted by Gasteiger charge is -2.26. The fourth-order valence-corrected chi connectivity index (χ4v) is 1.59. The quantitative estimate of drug-likeness (QED) is 0.599. The standard InChI is InChI=1S/C7H13N5/c1-11-7(8-9-10-11)12-5-3-2-4-6-12/h2-6H2,1H3. The maximum atomic E-state index is 3.97. The maximum Gasteiger partial charge on any atom is 0.245 e. The molecule has 0 saturated carbocycles. The van der Waals surface area contributed by atoms with E-state index >= 15 is 0 Å². The van der Waals surface area contributed by atoms with Crippen LogP contribution in [0.5, 0.6) is 0 Å². The van der Waals surface area contributed by atoms with Crippen LogP contribution >= 0.6 is 0 Å². The number of aromatic nitrogens is 4. The van der Waals surface area contributed by atoms with Crippen molar-refractivity contribution in [2.75, 3.05) is 18.0 Å². The van der Waals surface area contributed by atoms with E-state index in [9.17, 15) is 0 Å². The molecule has 5 heteroatoms. The van der Waals surface area contributed by atoms with Crippen LogP contribution in [0.3, 0.4) is 0 Å². The second kappa shape index (κ2) is 3.08. The zero-order valence-corrected chi connectivity index (χ0v) is 7.27. The number of aryl methyl sites for hydroxylation is 1. The van der Waals surface area contributed by atoms with Crippen molar-refractivity contribution in [2.24, 2.45) is 7.05 Å². The van der Waals surface area contributed by atoms with Gasteiger partial charge in [-0.25, -0.2) is 4.68 Å². The minimum atomic E-state index is 0.898. The average molecular weight is 167 g/mol. The lowest BCUT2D eigenvalue weighted by atomic mass is 10.1. The zero-order chi connectivity index (χ0) is 8.39. The maximum absolute atomic E-state index is 3.97. The number of tetrazole rings is 1. The molecule has 0 unspecified atom stereocenters. The highest BCUT2D eigenvalue weighted by Gasteiger charge is 2.15. The largest absolute Gasteiger partial charge is 0.340 e. The highest BCUT2D eigenvalue weighted by Crippen LogP contribution is 2.14. The van der Waals surface area contributed by atoms with Gasteiger partial charge in [0.15, 0.2) is 0 Å². The predicted molar refractivity (Wildman–Crippen MR) is 44.9 cm³/mol. The number of hydrogen-bond donors (Lipinski definition) is 0. The Hall–Kier alpha value is -1.13. The van der Waals surface area contributed by atoms with Gasteiger partial charge < -0.3 is 4.90 Å². The molecule has 1 aliphatic rings. The fourth-order valence-electron chi connectivity index (χ4n) is 1.59. The fraction of sp³-hybridized carbons (Fsp3) is 0.857. The van der Waals surface area contributed by atoms with Crippen LogP contribution in [0.25, 0.3) is 0 Å². The summed E-state index contributed by atoms with van der Waals surface area (Å²) in [6, 6.07) is 0. The molecule has 0 radical (unpaired) electrons. The molecule has 1 fully saturated rings. The molecule has 0 amide bonds. The minimum Gasteiger partial charge on any atom is -0.340 e. The Balaban J connectivity index is 2.13. The minimum absolute atomic E-state index is 0.898. The van der Waals surface area contributed by atoms with Crippen molar-refractivity contribution in [3.05, 3.63) is 0 Å². The summed E-state index contributed by atoms with van der Waals surface area (Å²) in [7, 11) is 1.88. The first-order chi connectivity index (χ1) is 5.88. The Morgan fingerprint density at radius 3 is 2.50 bits per heavy atom. The molecule has 1 saturated heterocycles. The van der Waals surface area contributed by atoms with Gasteiger partial charge in [0.05, 0.1) is 0 Å². The van der Waals surface area contributed by atoms with E-state index in [4.69, 9.17) is 0 Å². The van der Waals surface area contributed by atoms with Crippen LogP contribution in [0.4, 0.5) is 5.95 Å². The number of nitrogens with zero attached hydrogens (tertiary/aromatic N) is 5. The van der Waals surface area contributed by atoms with Gasteiger partial charge in [-0.2, -0.15) is 0 Å². The summed E-state index contributed by atoms with van der Waals surface area (Å²) >= 11 is 0. The third-order valence-electron chi connectivity index (χ3n) is 2.24. The van der Waals surface area contributed by atoms with Crippen molar-refractivity contribution in [3.63, 3.8) is 0 Å². The van der Waals surface area contributed by atoms with Crippen LogP contribution in [-0.2, 0) is 7.05 Å². The Morgan fingerprint density at radius 2 is 1.92 bits per heavy atom. The van der Waals surface area contributed by atoms with E-state index < -0.39 is 0 Å². The van der Waals surface area contributed by atoms with Crippen LogP contribution in [0.2, 0.25) is 0 Å². The van der Waals surface area contributed by atoms with E-state index in [0.717, 1.165) is 19.0 Å². The number of anilines is 1. The summed E-state index contributed by atoms with van der Waals surface area (Å²) in [6.07, 6.45) is 3.85. The predicted octanol–water partition coefficient (Wildman–Crippen LogP) is 0.200. The normalized spacial score (nSPS) is 18.2. The molecule has 0 bridgehead atoms. The first kappa shape index (κ1) is 7.52. The van der Waals surface area contributed by atoms with E-state index in [1.54, 1.807) is 4.68 Å². The Labute approximate surface area is 71.4 Å². The van der Waals surface area contributed by atoms with Gasteiger partial charge in [-0.3, -0.25) is 0 Å². The van der Waals surface area contributed by atoms with Gasteiger partial charge in [-0.15, -0.1) is 0 Å². The molecule has 1 aromatic heterocycles. The average Bonchev–Trinajstić information content (AvgIpc) is 2.53. The molecule has 1 aromatic rings. The molecule has 0 aromatic carbocycles. The first-order valence-corrected chi connectivity index (χ1v) is 4.35. The molecular weight excluding hydrogens is 154 g/mol. The summed E-state index contributed by atoms with van der Waals surface area (Å²) in [5.41, 5.74) is 0. The monoisotopic (exact) mass is 167 g/mol. The molecule has 5 nitrogen and oxygen atoms in total. The molecular formula is C7H13N5. The summed E-state index contributed by atoms with van der Waals surface area (Å²) in [5.74, 6) is 0.898. The third-order valence-corrected chi connectivity index (χ3v) is 2.24. The van der Waals surface area contributed by atoms with Crippen LogP contribution in [0, 0.1) is 0 Å². The van der Waals surface area contributed by atoms with Crippen LogP contribution in [0.1, 0.15) is 19.3 Å². The van der Waals surface area contributed by atoms with Crippen LogP contribution in [0.15, 0.2) is 0 Å². The van der Waals surface area contributed by atoms with Crippen molar-refractivity contribution in [2.45, 2.75) is 19.3 Å². The molecule has 1 aliphatic heterocycles. The molecule has 0 atom stereocenters. The van der Waals surface area contributed by atoms with Crippen LogP contribution in [-0.4, -0.2) is 33.3 Å². The van der Waals surface area contributed by atoms with E-state index in [1.807, 2.05) is 7.05 Å². The SMILES string of the molecule is Cn1nnnc1N1CCCCC1. The number of hydrogen-bond acceptors (Lipinski definition) is 4. The van der Waals surface area contributed by atoms with Gasteiger partial charge in [0.25, 0.3) is 0 Å². The van der Waals surface area contributed by atoms with Gasteiger partial charge in [-0.1, -0.05) is 5.10 Å². The van der Waals surface area contributed by atoms with Gasteiger partial charge in [0.1, 0.15) is 0 Å². The lowest BCUT2D eigenvalue weighted by Crippen LogP contribution is -2.31. The van der Waals surface area contributed by atoms with Crippen LogP contribution < -0.4 is 4.90 Å². The summed E-state index contributed by atoms with van der Waals surface area (Å²) in [4.78, 5) is 2.24. The molecule has 12 heavy (non-hydrogen) atoms. The summed E-state index contributed by atoms with van der Waals surface area (Å²) < 4.78 is 1.73. The Bertz CT molecular complexity index is 250. The third kappa shape index (κ3) is 1.26. The van der Waals surface area contributed by atoms with Gasteiger partial charge >= 0.3 is 0 Å². The Kier molecular flexibility index (Phi) is 1.93. The summed E-state index contributed by atoms with van der Waals surface area (Å²) in [6.45, 7) is 2.18. The second-order valence-electron chi connectivity index (χ2n) is 3.15. The highest BCUT2D eigenvalue weighted by atomic mass is 15.6. The number of rotatable bonds is 1. The van der Waals surface area contributed by atoms with Crippen molar-refractivity contribution < 1.29 is 0 Å². The second-order valence-corrected chi connectivity index (χ2v) is 3.15. The number of piperidine rings is 1. The van der Waals surface area contributed by atoms with Crippen molar-refractivity contribution in [3.8, 4) is 0 Å². The molecule has 0 N–H and O–H groups in total. The van der Waals surface area contributed by atoms with Gasteiger partial charge in [0.2, 0.25) is 5.95 Å². The van der Waals surface area contributed by atoms with Gasteiger partial charge in [-0.05, 0) is 29.7 Å². The van der Waals surface area contributed by atoms with E-state index in [0.29, 0.717) is 0 Å². The molecule has 0 aliphatic carbocycles. The van der Waals surface area contributed by atoms with Crippen molar-refractivity contribution >= 4 is 5.95 Å². The molecule has 2 heterocycles. The lowest BCUT2D eigenvalue weighted by molar-refractivity contribution is 0.556. The molecule has 66 valence electrons. The van der Waals surface area contributed by atoms with E-state index in [2.05, 4.69) is 20.4 Å². The van der Waals surface area contributed by atoms with Crippen molar-refractivity contribution in [1.82, 2.24) is 20.2 Å². The summed E-state index contributed by atoms with van der Waals surface area (Å²) in [5, 5.41) is 11.4. The molecule has 0 spiro atoms. The highest BCUT2D eigenvalue weighted by molar-refractivity contribution is 5.27. The smallest absolute Gasteiger partial charge is 0.245 e. The van der Waals surface area contributed by atoms with E-state index in [1.165, 1.54) is 19.3 Å². The van der Waals surface area contributed by atoms with Crippen molar-refractivity contribution in [1.29, 1.82) is 0 Å². The Morgan fingerprint density at radius 1 is 1.17 bits per heavy atom. The zero-order valence-electron chi connectivity index (χ0n) is 7.27. The van der Waals surface area contributed by atoms with E-state index in [-0.39, 0.29) is 0 Å². The van der Waals surface area contributed by atoms with Gasteiger partial charge in [0, 0.05) is 20.1 Å².